The van der Waals surface area contributed by atoms with Crippen LogP contribution in [0.2, 0.25) is 23.2 Å². The molecule has 1 saturated heterocycles. The molecule has 0 N–H and O–H groups in total. The van der Waals surface area contributed by atoms with Crippen LogP contribution < -0.4 is 10.6 Å². The van der Waals surface area contributed by atoms with E-state index in [0.717, 1.165) is 5.02 Å². The number of halogens is 1. The van der Waals surface area contributed by atoms with Gasteiger partial charge in [-0.3, -0.25) is 0 Å². The first-order chi connectivity index (χ1) is 10.6. The Morgan fingerprint density at radius 1 is 0.957 bits per heavy atom. The van der Waals surface area contributed by atoms with Crippen molar-refractivity contribution in [2.24, 2.45) is 0 Å². The van der Waals surface area contributed by atoms with Gasteiger partial charge in [0.25, 0.3) is 0 Å². The summed E-state index contributed by atoms with van der Waals surface area (Å²) in [6.07, 6.45) is 0. The van der Waals surface area contributed by atoms with E-state index in [1.165, 1.54) is 28.8 Å². The summed E-state index contributed by atoms with van der Waals surface area (Å²) in [5.74, 6) is 0. The van der Waals surface area contributed by atoms with Crippen LogP contribution in [0.5, 0.6) is 0 Å². The molecule has 0 bridgehead atoms. The van der Waals surface area contributed by atoms with Gasteiger partial charge in [-0.15, -0.1) is 0 Å². The zero-order valence-electron chi connectivity index (χ0n) is 15.6. The van der Waals surface area contributed by atoms with Gasteiger partial charge in [0.05, 0.1) is 19.3 Å². The van der Waals surface area contributed by atoms with Gasteiger partial charge in [-0.05, 0) is 45.3 Å². The first-order valence-corrected chi connectivity index (χ1v) is 11.8. The molecule has 2 nitrogen and oxygen atoms in total. The molecule has 1 aliphatic heterocycles. The molecule has 0 aliphatic carbocycles. The average Bonchev–Trinajstić information content (AvgIpc) is 2.70. The van der Waals surface area contributed by atoms with E-state index in [1.807, 2.05) is 6.07 Å². The van der Waals surface area contributed by atoms with Crippen LogP contribution in [0.15, 0.2) is 18.2 Å². The summed E-state index contributed by atoms with van der Waals surface area (Å²) in [5, 5.41) is 2.23. The third kappa shape index (κ3) is 3.28. The number of benzene rings is 1. The lowest BCUT2D eigenvalue weighted by atomic mass is 9.79. The van der Waals surface area contributed by atoms with E-state index >= 15 is 0 Å². The molecule has 1 aromatic carbocycles. The van der Waals surface area contributed by atoms with Crippen LogP contribution in [-0.4, -0.2) is 26.4 Å². The average molecular weight is 353 g/mol. The molecule has 0 amide bonds. The fourth-order valence-corrected chi connectivity index (χ4v) is 7.67. The van der Waals surface area contributed by atoms with Gasteiger partial charge >= 0.3 is 7.12 Å². The Bertz CT molecular complexity index is 546. The van der Waals surface area contributed by atoms with Gasteiger partial charge in [-0.1, -0.05) is 61.8 Å². The van der Waals surface area contributed by atoms with Crippen LogP contribution in [0.3, 0.4) is 0 Å². The Morgan fingerprint density at radius 2 is 1.43 bits per heavy atom. The number of rotatable bonds is 5. The first-order valence-electron chi connectivity index (χ1n) is 8.78. The fraction of sp³-hybridized carbons (Fsp3) is 0.667. The van der Waals surface area contributed by atoms with E-state index in [1.54, 1.807) is 0 Å². The molecule has 1 aliphatic rings. The Hall–Kier alpha value is -0.288. The molecule has 5 heteroatoms. The second-order valence-corrected chi connectivity index (χ2v) is 13.3. The maximum Gasteiger partial charge on any atom is 0.494 e. The van der Waals surface area contributed by atoms with Gasteiger partial charge < -0.3 is 9.31 Å². The summed E-state index contributed by atoms with van der Waals surface area (Å²) < 4.78 is 12.6. The van der Waals surface area contributed by atoms with Crippen LogP contribution in [0.1, 0.15) is 48.5 Å². The summed E-state index contributed by atoms with van der Waals surface area (Å²) in [6.45, 7) is 15.4. The molecule has 2 rings (SSSR count). The van der Waals surface area contributed by atoms with Crippen molar-refractivity contribution in [1.82, 2.24) is 0 Å². The highest BCUT2D eigenvalue weighted by molar-refractivity contribution is 6.95. The second kappa shape index (κ2) is 6.55. The molecular formula is C18H30BClO2Si. The van der Waals surface area contributed by atoms with Gasteiger partial charge in [0.15, 0.2) is 0 Å². The van der Waals surface area contributed by atoms with Gasteiger partial charge in [0, 0.05) is 5.02 Å². The molecule has 1 fully saturated rings. The lowest BCUT2D eigenvalue weighted by Gasteiger charge is -2.32. The lowest BCUT2D eigenvalue weighted by Crippen LogP contribution is -2.57. The number of hydrogen-bond donors (Lipinski definition) is 0. The molecular weight excluding hydrogens is 323 g/mol. The molecule has 0 unspecified atom stereocenters. The Morgan fingerprint density at radius 3 is 1.87 bits per heavy atom. The van der Waals surface area contributed by atoms with Crippen LogP contribution in [0.25, 0.3) is 0 Å². The van der Waals surface area contributed by atoms with Crippen molar-refractivity contribution < 1.29 is 9.31 Å². The van der Waals surface area contributed by atoms with Crippen LogP contribution in [-0.2, 0) is 9.31 Å². The van der Waals surface area contributed by atoms with Crippen LogP contribution in [0, 0.1) is 0 Å². The van der Waals surface area contributed by atoms with Crippen molar-refractivity contribution in [3.05, 3.63) is 23.2 Å². The lowest BCUT2D eigenvalue weighted by molar-refractivity contribution is 0.00578. The predicted octanol–water partition coefficient (Wildman–Crippen LogP) is 4.35. The van der Waals surface area contributed by atoms with E-state index < -0.39 is 8.07 Å². The minimum absolute atomic E-state index is 0.302. The van der Waals surface area contributed by atoms with E-state index in [4.69, 9.17) is 20.9 Å². The highest BCUT2D eigenvalue weighted by Gasteiger charge is 2.53. The summed E-state index contributed by atoms with van der Waals surface area (Å²) in [6, 6.07) is 9.89. The standard InChI is InChI=1S/C18H30BClO2Si/c1-8-23(9-2,10-3)16-13-14(20)11-12-15(16)19-21-17(4,5)18(6,7)22-19/h11-13H,8-10H2,1-7H3. The maximum absolute atomic E-state index is 6.35. The topological polar surface area (TPSA) is 18.5 Å². The van der Waals surface area contributed by atoms with Gasteiger partial charge in [-0.25, -0.2) is 0 Å². The molecule has 1 heterocycles. The molecule has 0 aromatic heterocycles. The van der Waals surface area contributed by atoms with Crippen molar-refractivity contribution in [2.45, 2.75) is 77.8 Å². The Labute approximate surface area is 148 Å². The van der Waals surface area contributed by atoms with E-state index in [9.17, 15) is 0 Å². The molecule has 0 atom stereocenters. The van der Waals surface area contributed by atoms with Gasteiger partial charge in [-0.2, -0.15) is 0 Å². The van der Waals surface area contributed by atoms with Crippen LogP contribution in [0.4, 0.5) is 0 Å². The monoisotopic (exact) mass is 352 g/mol. The predicted molar refractivity (Wildman–Crippen MR) is 104 cm³/mol. The summed E-state index contributed by atoms with van der Waals surface area (Å²) in [5.41, 5.74) is 0.553. The maximum atomic E-state index is 6.35. The molecule has 23 heavy (non-hydrogen) atoms. The Kier molecular flexibility index (Phi) is 5.42. The van der Waals surface area contributed by atoms with Crippen molar-refractivity contribution >= 4 is 37.4 Å². The first kappa shape index (κ1) is 19.0. The minimum Gasteiger partial charge on any atom is -0.399 e. The van der Waals surface area contributed by atoms with Crippen molar-refractivity contribution in [1.29, 1.82) is 0 Å². The van der Waals surface area contributed by atoms with Gasteiger partial charge in [0.2, 0.25) is 0 Å². The van der Waals surface area contributed by atoms with E-state index in [-0.39, 0.29) is 18.3 Å². The smallest absolute Gasteiger partial charge is 0.399 e. The van der Waals surface area contributed by atoms with Gasteiger partial charge in [0.1, 0.15) is 0 Å². The second-order valence-electron chi connectivity index (χ2n) is 7.66. The van der Waals surface area contributed by atoms with E-state index in [0.29, 0.717) is 0 Å². The SMILES string of the molecule is CC[Si](CC)(CC)c1cc(Cl)ccc1B1OC(C)(C)C(C)(C)O1. The Balaban J connectivity index is 2.53. The van der Waals surface area contributed by atoms with Crippen molar-refractivity contribution in [3.63, 3.8) is 0 Å². The van der Waals surface area contributed by atoms with Crippen molar-refractivity contribution in [2.75, 3.05) is 0 Å². The third-order valence-corrected chi connectivity index (χ3v) is 12.0. The van der Waals surface area contributed by atoms with Crippen molar-refractivity contribution in [3.8, 4) is 0 Å². The zero-order valence-corrected chi connectivity index (χ0v) is 17.4. The fourth-order valence-electron chi connectivity index (χ4n) is 3.48. The molecule has 0 spiro atoms. The quantitative estimate of drug-likeness (QED) is 0.733. The molecule has 1 aromatic rings. The van der Waals surface area contributed by atoms with E-state index in [2.05, 4.69) is 60.6 Å². The molecule has 0 saturated carbocycles. The third-order valence-electron chi connectivity index (χ3n) is 6.12. The summed E-state index contributed by atoms with van der Waals surface area (Å²) >= 11 is 6.35. The highest BCUT2D eigenvalue weighted by atomic mass is 35.5. The largest absolute Gasteiger partial charge is 0.494 e. The summed E-state index contributed by atoms with van der Waals surface area (Å²) in [4.78, 5) is 0. The number of hydrogen-bond acceptors (Lipinski definition) is 2. The minimum atomic E-state index is -1.57. The zero-order chi connectivity index (χ0) is 17.5. The molecule has 128 valence electrons. The van der Waals surface area contributed by atoms with Crippen LogP contribution >= 0.6 is 11.6 Å². The normalized spacial score (nSPS) is 20.1. The summed E-state index contributed by atoms with van der Waals surface area (Å²) in [7, 11) is -1.88. The molecule has 0 radical (unpaired) electrons. The highest BCUT2D eigenvalue weighted by Crippen LogP contribution is 2.36.